The molecule has 2 heterocycles. The lowest BCUT2D eigenvalue weighted by Crippen LogP contribution is -2.18. The van der Waals surface area contributed by atoms with E-state index in [1.165, 1.54) is 0 Å². The smallest absolute Gasteiger partial charge is 0.295 e. The topological polar surface area (TPSA) is 86.8 Å². The SMILES string of the molecule is CCc1nc(C(=O)Nc2cnccc2N(C)C)n[nH]1. The summed E-state index contributed by atoms with van der Waals surface area (Å²) in [7, 11) is 3.79. The maximum atomic E-state index is 12.0. The summed E-state index contributed by atoms with van der Waals surface area (Å²) in [6.45, 7) is 1.94. The number of aromatic amines is 1. The molecule has 7 heteroatoms. The first-order valence-corrected chi connectivity index (χ1v) is 5.95. The van der Waals surface area contributed by atoms with Crippen molar-refractivity contribution in [3.8, 4) is 0 Å². The van der Waals surface area contributed by atoms with Gasteiger partial charge in [-0.1, -0.05) is 6.92 Å². The molecule has 0 atom stereocenters. The molecule has 19 heavy (non-hydrogen) atoms. The van der Waals surface area contributed by atoms with Gasteiger partial charge >= 0.3 is 0 Å². The fourth-order valence-electron chi connectivity index (χ4n) is 1.61. The van der Waals surface area contributed by atoms with Crippen molar-refractivity contribution in [2.24, 2.45) is 0 Å². The number of pyridine rings is 1. The molecule has 2 aromatic heterocycles. The molecule has 0 radical (unpaired) electrons. The fourth-order valence-corrected chi connectivity index (χ4v) is 1.61. The highest BCUT2D eigenvalue weighted by Gasteiger charge is 2.14. The summed E-state index contributed by atoms with van der Waals surface area (Å²) in [6.07, 6.45) is 3.98. The van der Waals surface area contributed by atoms with Gasteiger partial charge in [-0.15, -0.1) is 5.10 Å². The first-order chi connectivity index (χ1) is 9.11. The molecule has 1 amide bonds. The highest BCUT2D eigenvalue weighted by Crippen LogP contribution is 2.22. The Labute approximate surface area is 111 Å². The predicted molar refractivity (Wildman–Crippen MR) is 72.3 cm³/mol. The average molecular weight is 260 g/mol. The molecule has 2 rings (SSSR count). The fraction of sp³-hybridized carbons (Fsp3) is 0.333. The number of hydrogen-bond donors (Lipinski definition) is 2. The Bertz CT molecular complexity index is 577. The minimum absolute atomic E-state index is 0.130. The maximum absolute atomic E-state index is 12.0. The largest absolute Gasteiger partial charge is 0.376 e. The van der Waals surface area contributed by atoms with Crippen molar-refractivity contribution in [2.45, 2.75) is 13.3 Å². The van der Waals surface area contributed by atoms with Crippen molar-refractivity contribution in [3.05, 3.63) is 30.1 Å². The minimum atomic E-state index is -0.355. The normalized spacial score (nSPS) is 10.3. The van der Waals surface area contributed by atoms with E-state index in [2.05, 4.69) is 25.5 Å². The zero-order valence-corrected chi connectivity index (χ0v) is 11.1. The van der Waals surface area contributed by atoms with Gasteiger partial charge in [0.25, 0.3) is 5.91 Å². The van der Waals surface area contributed by atoms with Crippen LogP contribution in [-0.4, -0.2) is 40.2 Å². The number of amides is 1. The molecule has 0 aromatic carbocycles. The van der Waals surface area contributed by atoms with E-state index in [4.69, 9.17) is 0 Å². The second-order valence-electron chi connectivity index (χ2n) is 4.20. The number of hydrogen-bond acceptors (Lipinski definition) is 5. The Kier molecular flexibility index (Phi) is 3.74. The Balaban J connectivity index is 2.19. The van der Waals surface area contributed by atoms with E-state index in [-0.39, 0.29) is 11.7 Å². The van der Waals surface area contributed by atoms with E-state index in [9.17, 15) is 4.79 Å². The van der Waals surface area contributed by atoms with Gasteiger partial charge in [0.15, 0.2) is 0 Å². The summed E-state index contributed by atoms with van der Waals surface area (Å²) < 4.78 is 0. The Morgan fingerprint density at radius 1 is 1.47 bits per heavy atom. The molecule has 100 valence electrons. The summed E-state index contributed by atoms with van der Waals surface area (Å²) in [5.41, 5.74) is 1.50. The number of carbonyl (C=O) groups is 1. The van der Waals surface area contributed by atoms with Gasteiger partial charge in [-0.25, -0.2) is 4.98 Å². The lowest BCUT2D eigenvalue weighted by Gasteiger charge is -2.16. The number of H-pyrrole nitrogens is 1. The molecule has 2 aromatic rings. The molecule has 0 aliphatic heterocycles. The van der Waals surface area contributed by atoms with Crippen LogP contribution in [0.1, 0.15) is 23.4 Å². The molecule has 0 aliphatic rings. The van der Waals surface area contributed by atoms with E-state index < -0.39 is 0 Å². The minimum Gasteiger partial charge on any atom is -0.376 e. The highest BCUT2D eigenvalue weighted by atomic mass is 16.2. The van der Waals surface area contributed by atoms with Crippen LogP contribution < -0.4 is 10.2 Å². The lowest BCUT2D eigenvalue weighted by molar-refractivity contribution is 0.101. The van der Waals surface area contributed by atoms with Crippen molar-refractivity contribution in [3.63, 3.8) is 0 Å². The first kappa shape index (κ1) is 13.0. The van der Waals surface area contributed by atoms with E-state index >= 15 is 0 Å². The van der Waals surface area contributed by atoms with Crippen LogP contribution in [0, 0.1) is 0 Å². The molecule has 2 N–H and O–H groups in total. The highest BCUT2D eigenvalue weighted by molar-refractivity contribution is 6.03. The lowest BCUT2D eigenvalue weighted by atomic mass is 10.3. The second-order valence-corrected chi connectivity index (χ2v) is 4.20. The quantitative estimate of drug-likeness (QED) is 0.859. The Morgan fingerprint density at radius 3 is 2.89 bits per heavy atom. The molecular formula is C12H16N6O. The van der Waals surface area contributed by atoms with E-state index in [1.807, 2.05) is 32.0 Å². The van der Waals surface area contributed by atoms with Gasteiger partial charge in [0, 0.05) is 26.7 Å². The molecule has 0 fully saturated rings. The van der Waals surface area contributed by atoms with E-state index in [0.29, 0.717) is 17.9 Å². The zero-order valence-electron chi connectivity index (χ0n) is 11.1. The van der Waals surface area contributed by atoms with E-state index in [1.54, 1.807) is 12.4 Å². The molecule has 0 saturated heterocycles. The molecule has 0 bridgehead atoms. The standard InChI is InChI=1S/C12H16N6O/c1-4-10-15-11(17-16-10)12(19)14-8-7-13-6-5-9(8)18(2)3/h5-7H,4H2,1-3H3,(H,14,19)(H,15,16,17). The third-order valence-corrected chi connectivity index (χ3v) is 2.60. The average Bonchev–Trinajstić information content (AvgIpc) is 2.88. The zero-order chi connectivity index (χ0) is 13.8. The van der Waals surface area contributed by atoms with Crippen molar-refractivity contribution in [2.75, 3.05) is 24.3 Å². The predicted octanol–water partition coefficient (Wildman–Crippen LogP) is 1.08. The van der Waals surface area contributed by atoms with Gasteiger partial charge in [-0.05, 0) is 6.07 Å². The number of nitrogens with one attached hydrogen (secondary N) is 2. The van der Waals surface area contributed by atoms with Gasteiger partial charge in [-0.3, -0.25) is 14.9 Å². The molecule has 0 spiro atoms. The molecule has 7 nitrogen and oxygen atoms in total. The number of aromatic nitrogens is 4. The van der Waals surface area contributed by atoms with Crippen LogP contribution in [-0.2, 0) is 6.42 Å². The van der Waals surface area contributed by atoms with Crippen molar-refractivity contribution >= 4 is 17.3 Å². The third-order valence-electron chi connectivity index (χ3n) is 2.60. The van der Waals surface area contributed by atoms with Crippen molar-refractivity contribution in [1.29, 1.82) is 0 Å². The van der Waals surface area contributed by atoms with Crippen LogP contribution in [0.2, 0.25) is 0 Å². The van der Waals surface area contributed by atoms with Gasteiger partial charge in [0.05, 0.1) is 17.6 Å². The number of carbonyl (C=O) groups excluding carboxylic acids is 1. The van der Waals surface area contributed by atoms with Gasteiger partial charge in [0.1, 0.15) is 5.82 Å². The van der Waals surface area contributed by atoms with Gasteiger partial charge in [0.2, 0.25) is 5.82 Å². The number of anilines is 2. The van der Waals surface area contributed by atoms with Crippen LogP contribution in [0.3, 0.4) is 0 Å². The first-order valence-electron chi connectivity index (χ1n) is 5.95. The molecule has 0 unspecified atom stereocenters. The van der Waals surface area contributed by atoms with Crippen LogP contribution in [0.25, 0.3) is 0 Å². The Hall–Kier alpha value is -2.44. The van der Waals surface area contributed by atoms with Gasteiger partial charge in [-0.2, -0.15) is 0 Å². The number of aryl methyl sites for hydroxylation is 1. The van der Waals surface area contributed by atoms with Crippen LogP contribution in [0.4, 0.5) is 11.4 Å². The van der Waals surface area contributed by atoms with Gasteiger partial charge < -0.3 is 10.2 Å². The monoisotopic (exact) mass is 260 g/mol. The van der Waals surface area contributed by atoms with Crippen molar-refractivity contribution in [1.82, 2.24) is 20.2 Å². The Morgan fingerprint density at radius 2 is 2.26 bits per heavy atom. The molecule has 0 aliphatic carbocycles. The summed E-state index contributed by atoms with van der Waals surface area (Å²) in [5, 5.41) is 9.34. The summed E-state index contributed by atoms with van der Waals surface area (Å²) in [4.78, 5) is 22.0. The van der Waals surface area contributed by atoms with Crippen LogP contribution in [0.15, 0.2) is 18.5 Å². The maximum Gasteiger partial charge on any atom is 0.295 e. The number of nitrogens with zero attached hydrogens (tertiary/aromatic N) is 4. The summed E-state index contributed by atoms with van der Waals surface area (Å²) >= 11 is 0. The molecule has 0 saturated carbocycles. The second kappa shape index (κ2) is 5.47. The molecular weight excluding hydrogens is 244 g/mol. The van der Waals surface area contributed by atoms with E-state index in [0.717, 1.165) is 5.69 Å². The number of rotatable bonds is 4. The van der Waals surface area contributed by atoms with Crippen LogP contribution >= 0.6 is 0 Å². The summed E-state index contributed by atoms with van der Waals surface area (Å²) in [6, 6.07) is 1.82. The summed E-state index contributed by atoms with van der Waals surface area (Å²) in [5.74, 6) is 0.460. The van der Waals surface area contributed by atoms with Crippen LogP contribution in [0.5, 0.6) is 0 Å². The van der Waals surface area contributed by atoms with Crippen molar-refractivity contribution < 1.29 is 4.79 Å². The third kappa shape index (κ3) is 2.87.